The van der Waals surface area contributed by atoms with Gasteiger partial charge in [0.15, 0.2) is 0 Å². The maximum atomic E-state index is 12.0. The Morgan fingerprint density at radius 3 is 2.06 bits per heavy atom. The molecule has 3 nitrogen and oxygen atoms in total. The topological polar surface area (TPSA) is 46.2 Å². The van der Waals surface area contributed by atoms with Crippen LogP contribution in [0.2, 0.25) is 5.02 Å². The van der Waals surface area contributed by atoms with Gasteiger partial charge in [0.25, 0.3) is 10.0 Å². The molecule has 0 fully saturated rings. The van der Waals surface area contributed by atoms with Crippen LogP contribution in [0.1, 0.15) is 0 Å². The maximum absolute atomic E-state index is 12.0. The highest BCUT2D eigenvalue weighted by molar-refractivity contribution is 9.10. The van der Waals surface area contributed by atoms with Crippen molar-refractivity contribution in [3.05, 3.63) is 58.0 Å². The quantitative estimate of drug-likeness (QED) is 0.916. The molecule has 18 heavy (non-hydrogen) atoms. The number of benzene rings is 2. The number of hydrogen-bond acceptors (Lipinski definition) is 2. The molecule has 2 aromatic carbocycles. The molecule has 1 N–H and O–H groups in total. The van der Waals surface area contributed by atoms with Gasteiger partial charge in [0.2, 0.25) is 0 Å². The van der Waals surface area contributed by atoms with Gasteiger partial charge in [0, 0.05) is 15.2 Å². The predicted molar refractivity (Wildman–Crippen MR) is 76.4 cm³/mol. The summed E-state index contributed by atoms with van der Waals surface area (Å²) >= 11 is 8.99. The van der Waals surface area contributed by atoms with Gasteiger partial charge in [-0.2, -0.15) is 0 Å². The molecule has 0 saturated carbocycles. The first-order valence-electron chi connectivity index (χ1n) is 5.01. The van der Waals surface area contributed by atoms with E-state index in [0.717, 1.165) is 4.47 Å². The number of halogens is 2. The standard InChI is InChI=1S/C12H9BrClNO2S/c13-9-1-7-12(8-2-9)18(16,17)15-11-5-3-10(14)4-6-11/h1-8,15H. The van der Waals surface area contributed by atoms with E-state index in [0.29, 0.717) is 10.7 Å². The average Bonchev–Trinajstić information content (AvgIpc) is 2.32. The maximum Gasteiger partial charge on any atom is 0.261 e. The molecule has 0 spiro atoms. The zero-order chi connectivity index (χ0) is 13.2. The lowest BCUT2D eigenvalue weighted by Crippen LogP contribution is -2.12. The molecule has 0 heterocycles. The highest BCUT2D eigenvalue weighted by atomic mass is 79.9. The first kappa shape index (κ1) is 13.4. The third kappa shape index (κ3) is 3.25. The number of sulfonamides is 1. The van der Waals surface area contributed by atoms with Crippen molar-refractivity contribution < 1.29 is 8.42 Å². The minimum Gasteiger partial charge on any atom is -0.280 e. The molecular formula is C12H9BrClNO2S. The molecule has 0 aromatic heterocycles. The van der Waals surface area contributed by atoms with E-state index in [4.69, 9.17) is 11.6 Å². The number of hydrogen-bond donors (Lipinski definition) is 1. The van der Waals surface area contributed by atoms with E-state index in [1.54, 1.807) is 36.4 Å². The molecular weight excluding hydrogens is 338 g/mol. The fraction of sp³-hybridized carbons (Fsp3) is 0. The Bertz CT molecular complexity index is 639. The van der Waals surface area contributed by atoms with Gasteiger partial charge in [-0.1, -0.05) is 27.5 Å². The second-order valence-electron chi connectivity index (χ2n) is 3.57. The Labute approximate surface area is 119 Å². The van der Waals surface area contributed by atoms with Crippen LogP contribution in [0, 0.1) is 0 Å². The zero-order valence-corrected chi connectivity index (χ0v) is 12.3. The van der Waals surface area contributed by atoms with Gasteiger partial charge >= 0.3 is 0 Å². The minimum atomic E-state index is -3.56. The monoisotopic (exact) mass is 345 g/mol. The van der Waals surface area contributed by atoms with Crippen LogP contribution in [0.5, 0.6) is 0 Å². The van der Waals surface area contributed by atoms with Crippen molar-refractivity contribution in [1.82, 2.24) is 0 Å². The van der Waals surface area contributed by atoms with Crippen molar-refractivity contribution in [2.24, 2.45) is 0 Å². The molecule has 0 radical (unpaired) electrons. The lowest BCUT2D eigenvalue weighted by Gasteiger charge is -2.08. The van der Waals surface area contributed by atoms with Gasteiger partial charge in [-0.25, -0.2) is 8.42 Å². The van der Waals surface area contributed by atoms with E-state index in [2.05, 4.69) is 20.7 Å². The normalized spacial score (nSPS) is 11.2. The Kier molecular flexibility index (Phi) is 3.94. The summed E-state index contributed by atoms with van der Waals surface area (Å²) in [4.78, 5) is 0.209. The van der Waals surface area contributed by atoms with E-state index in [-0.39, 0.29) is 4.90 Å². The van der Waals surface area contributed by atoms with Gasteiger partial charge < -0.3 is 0 Å². The number of rotatable bonds is 3. The summed E-state index contributed by atoms with van der Waals surface area (Å²) in [6, 6.07) is 12.9. The zero-order valence-electron chi connectivity index (χ0n) is 9.10. The first-order chi connectivity index (χ1) is 8.47. The van der Waals surface area contributed by atoms with E-state index in [1.807, 2.05) is 0 Å². The van der Waals surface area contributed by atoms with E-state index in [9.17, 15) is 8.42 Å². The van der Waals surface area contributed by atoms with Crippen LogP contribution in [-0.2, 0) is 10.0 Å². The molecule has 94 valence electrons. The van der Waals surface area contributed by atoms with Crippen LogP contribution in [0.15, 0.2) is 57.9 Å². The third-order valence-electron chi connectivity index (χ3n) is 2.22. The van der Waals surface area contributed by atoms with E-state index < -0.39 is 10.0 Å². The second-order valence-corrected chi connectivity index (χ2v) is 6.60. The van der Waals surface area contributed by atoms with Gasteiger partial charge in [-0.15, -0.1) is 0 Å². The van der Waals surface area contributed by atoms with Crippen LogP contribution >= 0.6 is 27.5 Å². The summed E-state index contributed by atoms with van der Waals surface area (Å²) in [5, 5.41) is 0.557. The number of nitrogens with one attached hydrogen (secondary N) is 1. The molecule has 0 bridgehead atoms. The first-order valence-corrected chi connectivity index (χ1v) is 7.67. The average molecular weight is 347 g/mol. The van der Waals surface area contributed by atoms with Crippen molar-refractivity contribution in [3.63, 3.8) is 0 Å². The molecule has 6 heteroatoms. The van der Waals surface area contributed by atoms with Crippen molar-refractivity contribution in [3.8, 4) is 0 Å². The Hall–Kier alpha value is -1.04. The summed E-state index contributed by atoms with van der Waals surface area (Å²) in [6.45, 7) is 0. The Morgan fingerprint density at radius 1 is 0.944 bits per heavy atom. The van der Waals surface area contributed by atoms with Crippen molar-refractivity contribution >= 4 is 43.2 Å². The molecule has 0 amide bonds. The van der Waals surface area contributed by atoms with Crippen LogP contribution < -0.4 is 4.72 Å². The lowest BCUT2D eigenvalue weighted by atomic mass is 10.3. The summed E-state index contributed by atoms with van der Waals surface area (Å²) < 4.78 is 27.4. The molecule has 0 unspecified atom stereocenters. The highest BCUT2D eigenvalue weighted by Crippen LogP contribution is 2.19. The molecule has 2 rings (SSSR count). The lowest BCUT2D eigenvalue weighted by molar-refractivity contribution is 0.601. The smallest absolute Gasteiger partial charge is 0.261 e. The molecule has 0 aliphatic rings. The fourth-order valence-corrected chi connectivity index (χ4v) is 2.79. The van der Waals surface area contributed by atoms with Crippen LogP contribution in [-0.4, -0.2) is 8.42 Å². The summed E-state index contributed by atoms with van der Waals surface area (Å²) in [6.07, 6.45) is 0. The van der Waals surface area contributed by atoms with Crippen molar-refractivity contribution in [2.75, 3.05) is 4.72 Å². The minimum absolute atomic E-state index is 0.209. The summed E-state index contributed by atoms with van der Waals surface area (Å²) in [5.74, 6) is 0. The third-order valence-corrected chi connectivity index (χ3v) is 4.40. The fourth-order valence-electron chi connectivity index (χ4n) is 1.35. The largest absolute Gasteiger partial charge is 0.280 e. The van der Waals surface area contributed by atoms with E-state index in [1.165, 1.54) is 12.1 Å². The molecule has 0 aliphatic heterocycles. The molecule has 0 atom stereocenters. The SMILES string of the molecule is O=S(=O)(Nc1ccc(Cl)cc1)c1ccc(Br)cc1. The van der Waals surface area contributed by atoms with Gasteiger partial charge in [0.05, 0.1) is 4.90 Å². The summed E-state index contributed by atoms with van der Waals surface area (Å²) in [7, 11) is -3.56. The Morgan fingerprint density at radius 2 is 1.50 bits per heavy atom. The highest BCUT2D eigenvalue weighted by Gasteiger charge is 2.13. The van der Waals surface area contributed by atoms with Gasteiger partial charge in [-0.3, -0.25) is 4.72 Å². The molecule has 0 aliphatic carbocycles. The molecule has 2 aromatic rings. The van der Waals surface area contributed by atoms with Crippen molar-refractivity contribution in [1.29, 1.82) is 0 Å². The number of anilines is 1. The van der Waals surface area contributed by atoms with Crippen LogP contribution in [0.25, 0.3) is 0 Å². The Balaban J connectivity index is 2.27. The van der Waals surface area contributed by atoms with E-state index >= 15 is 0 Å². The van der Waals surface area contributed by atoms with Gasteiger partial charge in [0.1, 0.15) is 0 Å². The summed E-state index contributed by atoms with van der Waals surface area (Å²) in [5.41, 5.74) is 0.474. The second kappa shape index (κ2) is 5.30. The molecule has 0 saturated heterocycles. The van der Waals surface area contributed by atoms with Gasteiger partial charge in [-0.05, 0) is 48.5 Å². The van der Waals surface area contributed by atoms with Crippen molar-refractivity contribution in [2.45, 2.75) is 4.90 Å². The van der Waals surface area contributed by atoms with Crippen LogP contribution in [0.3, 0.4) is 0 Å². The predicted octanol–water partition coefficient (Wildman–Crippen LogP) is 3.90. The van der Waals surface area contributed by atoms with Crippen LogP contribution in [0.4, 0.5) is 5.69 Å².